The van der Waals surface area contributed by atoms with Crippen LogP contribution in [0.3, 0.4) is 0 Å². The molecule has 2 aliphatic heterocycles. The zero-order valence-electron chi connectivity index (χ0n) is 15.4. The van der Waals surface area contributed by atoms with Crippen molar-refractivity contribution < 1.29 is 14.4 Å². The van der Waals surface area contributed by atoms with Gasteiger partial charge in [-0.3, -0.25) is 9.59 Å². The number of rotatable bonds is 3. The summed E-state index contributed by atoms with van der Waals surface area (Å²) < 4.78 is 0.682. The largest absolute Gasteiger partial charge is 0.382 e. The third-order valence-electron chi connectivity index (χ3n) is 4.98. The first-order chi connectivity index (χ1) is 13.5. The van der Waals surface area contributed by atoms with E-state index in [1.165, 1.54) is 11.3 Å². The molecular weight excluding hydrogens is 398 g/mol. The number of thiophene rings is 1. The summed E-state index contributed by atoms with van der Waals surface area (Å²) in [6.45, 7) is 4.01. The number of nitrogens with zero attached hydrogens (tertiary/aromatic N) is 3. The zero-order chi connectivity index (χ0) is 19.7. The molecule has 1 atom stereocenters. The van der Waals surface area contributed by atoms with Crippen LogP contribution >= 0.6 is 22.9 Å². The minimum Gasteiger partial charge on any atom is -0.382 e. The molecule has 4 rings (SSSR count). The van der Waals surface area contributed by atoms with Crippen molar-refractivity contribution in [2.24, 2.45) is 5.16 Å². The number of aryl methyl sites for hydroxylation is 1. The second kappa shape index (κ2) is 7.93. The smallest absolute Gasteiger partial charge is 0.267 e. The van der Waals surface area contributed by atoms with E-state index >= 15 is 0 Å². The average molecular weight is 418 g/mol. The summed E-state index contributed by atoms with van der Waals surface area (Å²) in [6, 6.07) is 11.3. The Morgan fingerprint density at radius 2 is 1.75 bits per heavy atom. The molecule has 2 aliphatic rings. The van der Waals surface area contributed by atoms with Crippen LogP contribution in [0, 0.1) is 6.92 Å². The number of carbonyl (C=O) groups is 2. The van der Waals surface area contributed by atoms with Crippen LogP contribution in [0.1, 0.15) is 27.2 Å². The van der Waals surface area contributed by atoms with E-state index in [-0.39, 0.29) is 11.8 Å². The molecule has 1 unspecified atom stereocenters. The van der Waals surface area contributed by atoms with Crippen molar-refractivity contribution in [3.05, 3.63) is 56.7 Å². The second-order valence-corrected chi connectivity index (χ2v) is 8.64. The molecule has 1 aromatic carbocycles. The Morgan fingerprint density at radius 1 is 1.07 bits per heavy atom. The maximum absolute atomic E-state index is 12.8. The van der Waals surface area contributed by atoms with Crippen LogP contribution in [0.15, 0.2) is 41.6 Å². The van der Waals surface area contributed by atoms with Gasteiger partial charge in [0.15, 0.2) is 0 Å². The highest BCUT2D eigenvalue weighted by atomic mass is 35.5. The molecule has 146 valence electrons. The molecule has 0 radical (unpaired) electrons. The number of hydrogen-bond acceptors (Lipinski definition) is 5. The van der Waals surface area contributed by atoms with Crippen molar-refractivity contribution in [3.63, 3.8) is 0 Å². The standard InChI is InChI=1S/C20H20ClN3O3S/c1-13-2-4-14(5-3-13)19(25)23-8-10-24(11-9-23)20(26)16-12-15(22-27-16)17-6-7-18(21)28-17/h2-7,16H,8-12H2,1H3. The molecule has 28 heavy (non-hydrogen) atoms. The molecule has 6 nitrogen and oxygen atoms in total. The lowest BCUT2D eigenvalue weighted by molar-refractivity contribution is -0.143. The summed E-state index contributed by atoms with van der Waals surface area (Å²) in [4.78, 5) is 35.2. The van der Waals surface area contributed by atoms with Gasteiger partial charge in [0.05, 0.1) is 9.21 Å². The van der Waals surface area contributed by atoms with E-state index in [0.717, 1.165) is 16.2 Å². The highest BCUT2D eigenvalue weighted by molar-refractivity contribution is 7.18. The molecule has 1 aromatic heterocycles. The molecule has 1 fully saturated rings. The van der Waals surface area contributed by atoms with E-state index in [4.69, 9.17) is 16.4 Å². The third-order valence-corrected chi connectivity index (χ3v) is 6.26. The zero-order valence-corrected chi connectivity index (χ0v) is 17.0. The number of hydrogen-bond donors (Lipinski definition) is 0. The van der Waals surface area contributed by atoms with Gasteiger partial charge in [-0.15, -0.1) is 11.3 Å². The Bertz CT molecular complexity index is 917. The molecule has 8 heteroatoms. The fraction of sp³-hybridized carbons (Fsp3) is 0.350. The number of piperazine rings is 1. The summed E-state index contributed by atoms with van der Waals surface area (Å²) in [5.41, 5.74) is 2.55. The Kier molecular flexibility index (Phi) is 5.37. The normalized spacial score (nSPS) is 19.4. The predicted molar refractivity (Wildman–Crippen MR) is 109 cm³/mol. The van der Waals surface area contributed by atoms with Crippen molar-refractivity contribution in [2.75, 3.05) is 26.2 Å². The lowest BCUT2D eigenvalue weighted by Crippen LogP contribution is -2.52. The van der Waals surface area contributed by atoms with Gasteiger partial charge in [-0.05, 0) is 31.2 Å². The van der Waals surface area contributed by atoms with E-state index in [9.17, 15) is 9.59 Å². The number of benzene rings is 1. The van der Waals surface area contributed by atoms with Crippen LogP contribution in [0.5, 0.6) is 0 Å². The first-order valence-corrected chi connectivity index (χ1v) is 10.3. The van der Waals surface area contributed by atoms with Crippen LogP contribution < -0.4 is 0 Å². The van der Waals surface area contributed by atoms with E-state index in [0.29, 0.717) is 42.5 Å². The molecule has 2 aromatic rings. The minimum atomic E-state index is -0.602. The Balaban J connectivity index is 1.31. The lowest BCUT2D eigenvalue weighted by Gasteiger charge is -2.35. The first-order valence-electron chi connectivity index (χ1n) is 9.14. The minimum absolute atomic E-state index is 0.00408. The summed E-state index contributed by atoms with van der Waals surface area (Å²) in [6.07, 6.45) is -0.159. The van der Waals surface area contributed by atoms with Crippen molar-refractivity contribution in [1.82, 2.24) is 9.80 Å². The first kappa shape index (κ1) is 19.0. The summed E-state index contributed by atoms with van der Waals surface area (Å²) in [5.74, 6) is -0.0757. The lowest BCUT2D eigenvalue weighted by atomic mass is 10.1. The van der Waals surface area contributed by atoms with Gasteiger partial charge >= 0.3 is 0 Å². The van der Waals surface area contributed by atoms with E-state index in [1.807, 2.05) is 43.3 Å². The molecule has 0 aliphatic carbocycles. The van der Waals surface area contributed by atoms with Crippen LogP contribution in [-0.4, -0.2) is 59.6 Å². The average Bonchev–Trinajstić information content (AvgIpc) is 3.37. The highest BCUT2D eigenvalue weighted by Gasteiger charge is 2.34. The van der Waals surface area contributed by atoms with Gasteiger partial charge in [-0.25, -0.2) is 0 Å². The van der Waals surface area contributed by atoms with Crippen LogP contribution in [0.4, 0.5) is 0 Å². The monoisotopic (exact) mass is 417 g/mol. The number of amides is 2. The van der Waals surface area contributed by atoms with Crippen LogP contribution in [0.25, 0.3) is 0 Å². The molecule has 0 bridgehead atoms. The SMILES string of the molecule is Cc1ccc(C(=O)N2CCN(C(=O)C3CC(c4ccc(Cl)s4)=NO3)CC2)cc1. The quantitative estimate of drug-likeness (QED) is 0.770. The molecule has 0 N–H and O–H groups in total. The van der Waals surface area contributed by atoms with Crippen LogP contribution in [-0.2, 0) is 9.63 Å². The number of halogens is 1. The molecule has 1 saturated heterocycles. The number of carbonyl (C=O) groups excluding carboxylic acids is 2. The summed E-state index contributed by atoms with van der Waals surface area (Å²) >= 11 is 7.39. The highest BCUT2D eigenvalue weighted by Crippen LogP contribution is 2.27. The van der Waals surface area contributed by atoms with E-state index < -0.39 is 6.10 Å². The van der Waals surface area contributed by atoms with Crippen molar-refractivity contribution >= 4 is 40.5 Å². The topological polar surface area (TPSA) is 62.2 Å². The van der Waals surface area contributed by atoms with Crippen molar-refractivity contribution in [1.29, 1.82) is 0 Å². The van der Waals surface area contributed by atoms with E-state index in [2.05, 4.69) is 5.16 Å². The van der Waals surface area contributed by atoms with Crippen molar-refractivity contribution in [3.8, 4) is 0 Å². The Hall–Kier alpha value is -2.38. The maximum atomic E-state index is 12.8. The van der Waals surface area contributed by atoms with Gasteiger partial charge in [0.2, 0.25) is 6.10 Å². The molecule has 0 spiro atoms. The summed E-state index contributed by atoms with van der Waals surface area (Å²) in [5, 5.41) is 4.06. The Labute approximate surface area is 172 Å². The maximum Gasteiger partial charge on any atom is 0.267 e. The molecule has 2 amide bonds. The van der Waals surface area contributed by atoms with E-state index in [1.54, 1.807) is 9.80 Å². The third kappa shape index (κ3) is 3.91. The van der Waals surface area contributed by atoms with Gasteiger partial charge in [-0.2, -0.15) is 0 Å². The second-order valence-electron chi connectivity index (χ2n) is 6.92. The van der Waals surface area contributed by atoms with Gasteiger partial charge in [0.25, 0.3) is 11.8 Å². The number of oxime groups is 1. The van der Waals surface area contributed by atoms with Crippen LogP contribution in [0.2, 0.25) is 4.34 Å². The molecular formula is C20H20ClN3O3S. The Morgan fingerprint density at radius 3 is 2.39 bits per heavy atom. The molecule has 3 heterocycles. The van der Waals surface area contributed by atoms with Gasteiger partial charge in [-0.1, -0.05) is 34.5 Å². The van der Waals surface area contributed by atoms with Gasteiger partial charge < -0.3 is 14.6 Å². The predicted octanol–water partition coefficient (Wildman–Crippen LogP) is 3.19. The van der Waals surface area contributed by atoms with Crippen molar-refractivity contribution in [2.45, 2.75) is 19.4 Å². The fourth-order valence-corrected chi connectivity index (χ4v) is 4.37. The van der Waals surface area contributed by atoms with Gasteiger partial charge in [0.1, 0.15) is 5.71 Å². The fourth-order valence-electron chi connectivity index (χ4n) is 3.34. The van der Waals surface area contributed by atoms with Gasteiger partial charge in [0, 0.05) is 38.2 Å². The summed E-state index contributed by atoms with van der Waals surface area (Å²) in [7, 11) is 0. The molecule has 0 saturated carbocycles.